The summed E-state index contributed by atoms with van der Waals surface area (Å²) >= 11 is 0. The Labute approximate surface area is 110 Å². The number of hydrogen-bond donors (Lipinski definition) is 1. The number of rotatable bonds is 6. The summed E-state index contributed by atoms with van der Waals surface area (Å²) in [6, 6.07) is 4.97. The average Bonchev–Trinajstić information content (AvgIpc) is 2.91. The lowest BCUT2D eigenvalue weighted by Crippen LogP contribution is -2.21. The summed E-state index contributed by atoms with van der Waals surface area (Å²) < 4.78 is 23.3. The van der Waals surface area contributed by atoms with Crippen LogP contribution in [0.5, 0.6) is 5.75 Å². The third-order valence-electron chi connectivity index (χ3n) is 2.87. The molecule has 0 radical (unpaired) electrons. The number of aromatic nitrogens is 2. The monoisotopic (exact) mass is 265 g/mol. The Morgan fingerprint density at radius 1 is 1.47 bits per heavy atom. The van der Waals surface area contributed by atoms with E-state index in [0.717, 1.165) is 5.56 Å². The minimum absolute atomic E-state index is 0.0309. The van der Waals surface area contributed by atoms with Crippen LogP contribution in [0.3, 0.4) is 0 Å². The van der Waals surface area contributed by atoms with Gasteiger partial charge >= 0.3 is 0 Å². The molecular weight excluding hydrogens is 249 g/mol. The van der Waals surface area contributed by atoms with Crippen molar-refractivity contribution in [2.75, 3.05) is 13.7 Å². The average molecular weight is 265 g/mol. The fourth-order valence-corrected chi connectivity index (χ4v) is 1.77. The van der Waals surface area contributed by atoms with Crippen molar-refractivity contribution in [1.82, 2.24) is 15.5 Å². The van der Waals surface area contributed by atoms with Gasteiger partial charge < -0.3 is 14.6 Å². The zero-order chi connectivity index (χ0) is 13.7. The summed E-state index contributed by atoms with van der Waals surface area (Å²) in [5.41, 5.74) is 0.865. The van der Waals surface area contributed by atoms with Crippen molar-refractivity contribution in [1.29, 1.82) is 0 Å². The Morgan fingerprint density at radius 3 is 2.95 bits per heavy atom. The maximum atomic E-state index is 13.6. The number of halogens is 1. The van der Waals surface area contributed by atoms with Gasteiger partial charge in [-0.1, -0.05) is 11.2 Å². The summed E-state index contributed by atoms with van der Waals surface area (Å²) in [5, 5.41) is 6.80. The number of ether oxygens (including phenoxy) is 1. The molecule has 0 bridgehead atoms. The molecule has 2 rings (SSSR count). The minimum Gasteiger partial charge on any atom is -0.494 e. The van der Waals surface area contributed by atoms with E-state index in [-0.39, 0.29) is 17.6 Å². The first kappa shape index (κ1) is 13.5. The molecule has 0 aliphatic rings. The van der Waals surface area contributed by atoms with Crippen molar-refractivity contribution in [2.45, 2.75) is 19.4 Å². The van der Waals surface area contributed by atoms with Crippen LogP contribution < -0.4 is 10.1 Å². The molecule has 1 aromatic heterocycles. The lowest BCUT2D eigenvalue weighted by atomic mass is 10.1. The first-order chi connectivity index (χ1) is 9.20. The van der Waals surface area contributed by atoms with Crippen molar-refractivity contribution in [3.8, 4) is 5.75 Å². The van der Waals surface area contributed by atoms with Crippen LogP contribution in [0.4, 0.5) is 4.39 Å². The van der Waals surface area contributed by atoms with E-state index < -0.39 is 0 Å². The highest BCUT2D eigenvalue weighted by atomic mass is 19.1. The number of hydrogen-bond acceptors (Lipinski definition) is 5. The van der Waals surface area contributed by atoms with Crippen LogP contribution >= 0.6 is 0 Å². The molecule has 1 heterocycles. The maximum Gasteiger partial charge on any atom is 0.227 e. The number of benzene rings is 1. The molecule has 1 atom stereocenters. The largest absolute Gasteiger partial charge is 0.494 e. The van der Waals surface area contributed by atoms with Gasteiger partial charge in [0, 0.05) is 19.0 Å². The summed E-state index contributed by atoms with van der Waals surface area (Å²) in [5.74, 6) is 0.480. The third kappa shape index (κ3) is 3.51. The lowest BCUT2D eigenvalue weighted by molar-refractivity contribution is 0.372. The Kier molecular flexibility index (Phi) is 4.46. The number of nitrogens with zero attached hydrogens (tertiary/aromatic N) is 2. The van der Waals surface area contributed by atoms with Crippen LogP contribution in [0.15, 0.2) is 29.0 Å². The standard InChI is InChI=1S/C13H16FN3O2/c1-9(15-6-5-13-16-8-17-19-13)10-3-4-12(18-2)11(14)7-10/h3-4,7-9,15H,5-6H2,1-2H3. The van der Waals surface area contributed by atoms with Gasteiger partial charge in [0.1, 0.15) is 0 Å². The van der Waals surface area contributed by atoms with E-state index >= 15 is 0 Å². The topological polar surface area (TPSA) is 60.2 Å². The Bertz CT molecular complexity index is 517. The SMILES string of the molecule is COc1ccc(C(C)NCCc2ncno2)cc1F. The second-order valence-electron chi connectivity index (χ2n) is 4.15. The Hall–Kier alpha value is -1.95. The molecule has 0 saturated carbocycles. The van der Waals surface area contributed by atoms with E-state index in [4.69, 9.17) is 9.26 Å². The third-order valence-corrected chi connectivity index (χ3v) is 2.87. The van der Waals surface area contributed by atoms with Gasteiger partial charge in [-0.05, 0) is 24.6 Å². The summed E-state index contributed by atoms with van der Waals surface area (Å²) in [6.45, 7) is 2.64. The van der Waals surface area contributed by atoms with Gasteiger partial charge in [0.2, 0.25) is 5.89 Å². The number of nitrogens with one attached hydrogen (secondary N) is 1. The fourth-order valence-electron chi connectivity index (χ4n) is 1.77. The van der Waals surface area contributed by atoms with E-state index in [1.54, 1.807) is 6.07 Å². The van der Waals surface area contributed by atoms with Gasteiger partial charge in [0.15, 0.2) is 17.9 Å². The van der Waals surface area contributed by atoms with Crippen LogP contribution in [0.1, 0.15) is 24.4 Å². The molecule has 0 aliphatic heterocycles. The molecule has 0 aliphatic carbocycles. The van der Waals surface area contributed by atoms with Crippen molar-refractivity contribution in [2.24, 2.45) is 0 Å². The van der Waals surface area contributed by atoms with Crippen LogP contribution in [-0.4, -0.2) is 23.8 Å². The van der Waals surface area contributed by atoms with Crippen molar-refractivity contribution in [3.63, 3.8) is 0 Å². The molecule has 0 spiro atoms. The zero-order valence-electron chi connectivity index (χ0n) is 10.9. The highest BCUT2D eigenvalue weighted by Crippen LogP contribution is 2.21. The normalized spacial score (nSPS) is 12.4. The van der Waals surface area contributed by atoms with Crippen LogP contribution in [-0.2, 0) is 6.42 Å². The van der Waals surface area contributed by atoms with Gasteiger partial charge in [-0.3, -0.25) is 0 Å². The van der Waals surface area contributed by atoms with Crippen LogP contribution in [0.2, 0.25) is 0 Å². The molecule has 0 saturated heterocycles. The zero-order valence-corrected chi connectivity index (χ0v) is 10.9. The molecule has 5 nitrogen and oxygen atoms in total. The second kappa shape index (κ2) is 6.29. The van der Waals surface area contributed by atoms with E-state index in [9.17, 15) is 4.39 Å². The summed E-state index contributed by atoms with van der Waals surface area (Å²) in [6.07, 6.45) is 2.01. The van der Waals surface area contributed by atoms with Crippen molar-refractivity contribution >= 4 is 0 Å². The van der Waals surface area contributed by atoms with Gasteiger partial charge in [-0.25, -0.2) is 4.39 Å². The molecule has 102 valence electrons. The molecule has 0 amide bonds. The van der Waals surface area contributed by atoms with E-state index in [1.807, 2.05) is 13.0 Å². The van der Waals surface area contributed by atoms with Crippen LogP contribution in [0.25, 0.3) is 0 Å². The lowest BCUT2D eigenvalue weighted by Gasteiger charge is -2.14. The number of methoxy groups -OCH3 is 1. The second-order valence-corrected chi connectivity index (χ2v) is 4.15. The molecule has 1 unspecified atom stereocenters. The highest BCUT2D eigenvalue weighted by molar-refractivity contribution is 5.30. The van der Waals surface area contributed by atoms with E-state index in [1.165, 1.54) is 19.5 Å². The molecule has 1 N–H and O–H groups in total. The van der Waals surface area contributed by atoms with E-state index in [0.29, 0.717) is 18.9 Å². The fraction of sp³-hybridized carbons (Fsp3) is 0.385. The Balaban J connectivity index is 1.88. The molecule has 0 fully saturated rings. The predicted molar refractivity (Wildman–Crippen MR) is 67.4 cm³/mol. The molecular formula is C13H16FN3O2. The molecule has 6 heteroatoms. The smallest absolute Gasteiger partial charge is 0.227 e. The molecule has 2 aromatic rings. The van der Waals surface area contributed by atoms with Gasteiger partial charge in [0.25, 0.3) is 0 Å². The Morgan fingerprint density at radius 2 is 2.32 bits per heavy atom. The molecule has 1 aromatic carbocycles. The molecule has 19 heavy (non-hydrogen) atoms. The first-order valence-electron chi connectivity index (χ1n) is 6.03. The summed E-state index contributed by atoms with van der Waals surface area (Å²) in [4.78, 5) is 3.93. The minimum atomic E-state index is -0.356. The summed E-state index contributed by atoms with van der Waals surface area (Å²) in [7, 11) is 1.45. The van der Waals surface area contributed by atoms with Gasteiger partial charge in [0.05, 0.1) is 7.11 Å². The van der Waals surface area contributed by atoms with E-state index in [2.05, 4.69) is 15.5 Å². The van der Waals surface area contributed by atoms with Gasteiger partial charge in [-0.2, -0.15) is 4.98 Å². The first-order valence-corrected chi connectivity index (χ1v) is 6.03. The van der Waals surface area contributed by atoms with Gasteiger partial charge in [-0.15, -0.1) is 0 Å². The highest BCUT2D eigenvalue weighted by Gasteiger charge is 2.09. The van der Waals surface area contributed by atoms with Crippen LogP contribution in [0, 0.1) is 5.82 Å². The van der Waals surface area contributed by atoms with Crippen molar-refractivity contribution < 1.29 is 13.7 Å². The van der Waals surface area contributed by atoms with Crippen molar-refractivity contribution in [3.05, 3.63) is 41.8 Å². The maximum absolute atomic E-state index is 13.6. The quantitative estimate of drug-likeness (QED) is 0.866. The predicted octanol–water partition coefficient (Wildman–Crippen LogP) is 2.11.